The van der Waals surface area contributed by atoms with Gasteiger partial charge in [-0.1, -0.05) is 48.0 Å². The van der Waals surface area contributed by atoms with E-state index < -0.39 is 0 Å². The number of carbonyl (C=O) groups is 1. The maximum atomic E-state index is 12.9. The third-order valence-electron chi connectivity index (χ3n) is 6.16. The maximum Gasteiger partial charge on any atom is 0.237 e. The summed E-state index contributed by atoms with van der Waals surface area (Å²) in [5.41, 5.74) is 6.78. The zero-order valence-corrected chi connectivity index (χ0v) is 16.5. The van der Waals surface area contributed by atoms with Crippen LogP contribution in [0.15, 0.2) is 42.5 Å². The number of likely N-dealkylation sites (N-methyl/N-ethyl adjacent to an activating group) is 2. The molecule has 0 saturated carbocycles. The summed E-state index contributed by atoms with van der Waals surface area (Å²) >= 11 is 0. The van der Waals surface area contributed by atoms with Gasteiger partial charge >= 0.3 is 0 Å². The van der Waals surface area contributed by atoms with Crippen LogP contribution < -0.4 is 5.32 Å². The molecule has 4 nitrogen and oxygen atoms in total. The summed E-state index contributed by atoms with van der Waals surface area (Å²) in [6, 6.07) is 15.4. The van der Waals surface area contributed by atoms with Gasteiger partial charge < -0.3 is 5.32 Å². The van der Waals surface area contributed by atoms with Crippen LogP contribution in [0.3, 0.4) is 0 Å². The molecule has 4 rings (SSSR count). The van der Waals surface area contributed by atoms with E-state index in [0.717, 1.165) is 25.9 Å². The second kappa shape index (κ2) is 7.45. The first-order valence-electron chi connectivity index (χ1n) is 9.84. The lowest BCUT2D eigenvalue weighted by Crippen LogP contribution is -2.52. The summed E-state index contributed by atoms with van der Waals surface area (Å²) in [4.78, 5) is 17.4. The highest BCUT2D eigenvalue weighted by Crippen LogP contribution is 2.24. The second-order valence-electron chi connectivity index (χ2n) is 8.19. The van der Waals surface area contributed by atoms with Crippen LogP contribution in [0.2, 0.25) is 0 Å². The van der Waals surface area contributed by atoms with E-state index in [2.05, 4.69) is 71.6 Å². The summed E-state index contributed by atoms with van der Waals surface area (Å²) in [6.07, 6.45) is 1.79. The van der Waals surface area contributed by atoms with Gasteiger partial charge in [0.15, 0.2) is 0 Å². The van der Waals surface area contributed by atoms with E-state index >= 15 is 0 Å². The molecule has 0 aromatic heterocycles. The fraction of sp³-hybridized carbons (Fsp3) is 0.435. The highest BCUT2D eigenvalue weighted by Gasteiger charge is 2.30. The molecule has 0 saturated heterocycles. The Labute approximate surface area is 162 Å². The van der Waals surface area contributed by atoms with E-state index in [9.17, 15) is 4.79 Å². The lowest BCUT2D eigenvalue weighted by atomic mass is 9.92. The number of nitrogens with one attached hydrogen (secondary N) is 1. The van der Waals surface area contributed by atoms with Gasteiger partial charge in [0.05, 0.1) is 6.04 Å². The lowest BCUT2D eigenvalue weighted by molar-refractivity contribution is -0.126. The average Bonchev–Trinajstić information content (AvgIpc) is 2.66. The standard InChI is InChI=1S/C23H29N3O/c1-16-8-9-19-14-25(2)21(11-20(19)10-16)13-24-23(27)22-12-17-6-4-5-7-18(17)15-26(22)3/h4-10,21-22H,11-15H2,1-3H3,(H,24,27)/t21-,22+/m1/s1. The van der Waals surface area contributed by atoms with Crippen molar-refractivity contribution in [1.29, 1.82) is 0 Å². The highest BCUT2D eigenvalue weighted by atomic mass is 16.2. The number of amides is 1. The predicted octanol–water partition coefficient (Wildman–Crippen LogP) is 2.52. The summed E-state index contributed by atoms with van der Waals surface area (Å²) in [5.74, 6) is 0.149. The van der Waals surface area contributed by atoms with Gasteiger partial charge in [0, 0.05) is 25.7 Å². The largest absolute Gasteiger partial charge is 0.353 e. The average molecular weight is 364 g/mol. The monoisotopic (exact) mass is 363 g/mol. The first-order chi connectivity index (χ1) is 13.0. The van der Waals surface area contributed by atoms with Crippen LogP contribution in [-0.4, -0.2) is 48.4 Å². The van der Waals surface area contributed by atoms with Crippen LogP contribution in [0.5, 0.6) is 0 Å². The van der Waals surface area contributed by atoms with Crippen molar-refractivity contribution in [3.63, 3.8) is 0 Å². The highest BCUT2D eigenvalue weighted by molar-refractivity contribution is 5.82. The second-order valence-corrected chi connectivity index (χ2v) is 8.19. The molecule has 2 heterocycles. The Morgan fingerprint density at radius 3 is 2.48 bits per heavy atom. The van der Waals surface area contributed by atoms with Gasteiger partial charge in [-0.15, -0.1) is 0 Å². The molecule has 2 aliphatic heterocycles. The molecule has 0 unspecified atom stereocenters. The molecular weight excluding hydrogens is 334 g/mol. The fourth-order valence-corrected chi connectivity index (χ4v) is 4.42. The third-order valence-corrected chi connectivity index (χ3v) is 6.16. The normalized spacial score (nSPS) is 22.8. The van der Waals surface area contributed by atoms with Crippen molar-refractivity contribution < 1.29 is 4.79 Å². The Bertz CT molecular complexity index is 847. The smallest absolute Gasteiger partial charge is 0.237 e. The number of nitrogens with zero attached hydrogens (tertiary/aromatic N) is 2. The first kappa shape index (κ1) is 18.2. The Kier molecular flexibility index (Phi) is 5.02. The van der Waals surface area contributed by atoms with E-state index in [-0.39, 0.29) is 11.9 Å². The molecule has 2 atom stereocenters. The first-order valence-corrected chi connectivity index (χ1v) is 9.84. The maximum absolute atomic E-state index is 12.9. The van der Waals surface area contributed by atoms with Crippen LogP contribution in [0, 0.1) is 6.92 Å². The van der Waals surface area contributed by atoms with E-state index in [1.165, 1.54) is 27.8 Å². The molecule has 4 heteroatoms. The van der Waals surface area contributed by atoms with Crippen LogP contribution in [0.4, 0.5) is 0 Å². The van der Waals surface area contributed by atoms with Crippen molar-refractivity contribution in [2.24, 2.45) is 0 Å². The number of aryl methyl sites for hydroxylation is 1. The Balaban J connectivity index is 1.39. The molecule has 0 bridgehead atoms. The Morgan fingerprint density at radius 1 is 0.963 bits per heavy atom. The van der Waals surface area contributed by atoms with Crippen LogP contribution >= 0.6 is 0 Å². The lowest BCUT2D eigenvalue weighted by Gasteiger charge is -2.36. The van der Waals surface area contributed by atoms with Gasteiger partial charge in [0.2, 0.25) is 5.91 Å². The van der Waals surface area contributed by atoms with Crippen molar-refractivity contribution in [3.8, 4) is 0 Å². The van der Waals surface area contributed by atoms with Crippen molar-refractivity contribution >= 4 is 5.91 Å². The Morgan fingerprint density at radius 2 is 1.67 bits per heavy atom. The number of hydrogen-bond acceptors (Lipinski definition) is 3. The van der Waals surface area contributed by atoms with Crippen molar-refractivity contribution in [3.05, 3.63) is 70.3 Å². The molecule has 0 spiro atoms. The third kappa shape index (κ3) is 3.78. The van der Waals surface area contributed by atoms with Gasteiger partial charge in [-0.2, -0.15) is 0 Å². The minimum Gasteiger partial charge on any atom is -0.353 e. The summed E-state index contributed by atoms with van der Waals surface area (Å²) in [5, 5.41) is 3.24. The molecular formula is C23H29N3O. The number of hydrogen-bond donors (Lipinski definition) is 1. The molecule has 0 radical (unpaired) electrons. The summed E-state index contributed by atoms with van der Waals surface area (Å²) in [6.45, 7) is 4.64. The molecule has 2 aromatic rings. The summed E-state index contributed by atoms with van der Waals surface area (Å²) in [7, 11) is 4.20. The SMILES string of the molecule is Cc1ccc2c(c1)C[C@H](CNC(=O)[C@@H]1Cc3ccccc3CN1C)N(C)C2. The van der Waals surface area contributed by atoms with E-state index in [4.69, 9.17) is 0 Å². The zero-order chi connectivity index (χ0) is 19.0. The zero-order valence-electron chi connectivity index (χ0n) is 16.5. The molecule has 142 valence electrons. The number of fused-ring (bicyclic) bond motifs is 2. The van der Waals surface area contributed by atoms with Gasteiger partial charge in [0.1, 0.15) is 0 Å². The van der Waals surface area contributed by atoms with Gasteiger partial charge in [0.25, 0.3) is 0 Å². The van der Waals surface area contributed by atoms with Gasteiger partial charge in [-0.05, 0) is 56.1 Å². The van der Waals surface area contributed by atoms with Gasteiger partial charge in [-0.3, -0.25) is 14.6 Å². The molecule has 0 fully saturated rings. The molecule has 2 aromatic carbocycles. The molecule has 27 heavy (non-hydrogen) atoms. The van der Waals surface area contributed by atoms with Gasteiger partial charge in [-0.25, -0.2) is 0 Å². The number of rotatable bonds is 3. The molecule has 1 amide bonds. The number of benzene rings is 2. The van der Waals surface area contributed by atoms with Crippen LogP contribution in [0.25, 0.3) is 0 Å². The van der Waals surface area contributed by atoms with E-state index in [1.807, 2.05) is 7.05 Å². The minimum absolute atomic E-state index is 0.0803. The van der Waals surface area contributed by atoms with Crippen molar-refractivity contribution in [2.75, 3.05) is 20.6 Å². The predicted molar refractivity (Wildman–Crippen MR) is 109 cm³/mol. The minimum atomic E-state index is -0.0803. The van der Waals surface area contributed by atoms with Crippen molar-refractivity contribution in [2.45, 2.75) is 44.9 Å². The van der Waals surface area contributed by atoms with Crippen molar-refractivity contribution in [1.82, 2.24) is 15.1 Å². The molecule has 1 N–H and O–H groups in total. The quantitative estimate of drug-likeness (QED) is 0.910. The Hall–Kier alpha value is -2.17. The van der Waals surface area contributed by atoms with E-state index in [1.54, 1.807) is 0 Å². The van der Waals surface area contributed by atoms with Crippen LogP contribution in [0.1, 0.15) is 27.8 Å². The molecule has 0 aliphatic carbocycles. The van der Waals surface area contributed by atoms with Crippen LogP contribution in [-0.2, 0) is 30.7 Å². The topological polar surface area (TPSA) is 35.6 Å². The van der Waals surface area contributed by atoms with E-state index in [0.29, 0.717) is 12.6 Å². The molecule has 2 aliphatic rings. The summed E-state index contributed by atoms with van der Waals surface area (Å²) < 4.78 is 0. The fourth-order valence-electron chi connectivity index (χ4n) is 4.42. The number of carbonyl (C=O) groups excluding carboxylic acids is 1.